The summed E-state index contributed by atoms with van der Waals surface area (Å²) < 4.78 is 10.9. The first-order valence-electron chi connectivity index (χ1n) is 8.89. The molecule has 1 N–H and O–H groups in total. The van der Waals surface area contributed by atoms with Crippen molar-refractivity contribution in [3.63, 3.8) is 0 Å². The zero-order valence-corrected chi connectivity index (χ0v) is 16.0. The molecule has 0 bridgehead atoms. The van der Waals surface area contributed by atoms with Crippen LogP contribution < -0.4 is 14.8 Å². The Hall–Kier alpha value is -3.87. The largest absolute Gasteiger partial charge is 0.496 e. The van der Waals surface area contributed by atoms with Crippen molar-refractivity contribution in [2.45, 2.75) is 13.0 Å². The van der Waals surface area contributed by atoms with Crippen molar-refractivity contribution in [3.05, 3.63) is 94.0 Å². The minimum absolute atomic E-state index is 0.0243. The van der Waals surface area contributed by atoms with E-state index in [0.717, 1.165) is 5.56 Å². The normalized spacial score (nSPS) is 11.4. The van der Waals surface area contributed by atoms with Gasteiger partial charge in [-0.2, -0.15) is 0 Å². The number of nitrogens with zero attached hydrogens (tertiary/aromatic N) is 1. The molecule has 7 nitrogen and oxygen atoms in total. The fourth-order valence-electron chi connectivity index (χ4n) is 2.74. The highest BCUT2D eigenvalue weighted by molar-refractivity contribution is 5.95. The summed E-state index contributed by atoms with van der Waals surface area (Å²) >= 11 is 0. The molecule has 7 heteroatoms. The summed E-state index contributed by atoms with van der Waals surface area (Å²) in [6, 6.07) is 20.4. The maximum atomic E-state index is 13.0. The number of aryl methyl sites for hydroxylation is 1. The van der Waals surface area contributed by atoms with E-state index in [2.05, 4.69) is 5.32 Å². The standard InChI is InChI=1S/C22H20N2O5/c1-15-8-10-17(11-9-15)23-22(25)21(16-6-4-3-5-7-16)29-20-13-12-18(28-2)14-19(20)24(26)27/h3-14,21H,1-2H3,(H,23,25)/t21-/m0/s1. The topological polar surface area (TPSA) is 90.7 Å². The van der Waals surface area contributed by atoms with Crippen molar-refractivity contribution in [1.29, 1.82) is 0 Å². The maximum Gasteiger partial charge on any atom is 0.314 e. The van der Waals surface area contributed by atoms with Crippen LogP contribution in [0.1, 0.15) is 17.2 Å². The number of nitro groups is 1. The molecule has 1 atom stereocenters. The number of carbonyl (C=O) groups is 1. The highest BCUT2D eigenvalue weighted by atomic mass is 16.6. The third-order valence-electron chi connectivity index (χ3n) is 4.27. The molecule has 3 aromatic carbocycles. The molecule has 1 amide bonds. The fraction of sp³-hybridized carbons (Fsp3) is 0.136. The number of rotatable bonds is 7. The van der Waals surface area contributed by atoms with E-state index >= 15 is 0 Å². The number of nitrogens with one attached hydrogen (secondary N) is 1. The molecule has 0 saturated carbocycles. The quantitative estimate of drug-likeness (QED) is 0.466. The van der Waals surface area contributed by atoms with E-state index < -0.39 is 16.9 Å². The number of anilines is 1. The third-order valence-corrected chi connectivity index (χ3v) is 4.27. The van der Waals surface area contributed by atoms with Crippen LogP contribution in [0, 0.1) is 17.0 Å². The minimum Gasteiger partial charge on any atom is -0.496 e. The van der Waals surface area contributed by atoms with Gasteiger partial charge < -0.3 is 14.8 Å². The summed E-state index contributed by atoms with van der Waals surface area (Å²) in [4.78, 5) is 23.9. The molecule has 0 radical (unpaired) electrons. The second-order valence-electron chi connectivity index (χ2n) is 6.35. The molecule has 0 aliphatic heterocycles. The van der Waals surface area contributed by atoms with Gasteiger partial charge in [-0.15, -0.1) is 0 Å². The summed E-state index contributed by atoms with van der Waals surface area (Å²) in [7, 11) is 1.42. The van der Waals surface area contributed by atoms with E-state index in [9.17, 15) is 14.9 Å². The van der Waals surface area contributed by atoms with Gasteiger partial charge in [-0.3, -0.25) is 14.9 Å². The lowest BCUT2D eigenvalue weighted by molar-refractivity contribution is -0.386. The number of amides is 1. The van der Waals surface area contributed by atoms with Crippen molar-refractivity contribution in [2.75, 3.05) is 12.4 Å². The molecule has 0 aliphatic carbocycles. The van der Waals surface area contributed by atoms with Crippen LogP contribution in [0.5, 0.6) is 11.5 Å². The van der Waals surface area contributed by atoms with Gasteiger partial charge in [-0.1, -0.05) is 48.0 Å². The van der Waals surface area contributed by atoms with E-state index in [-0.39, 0.29) is 11.4 Å². The SMILES string of the molecule is COc1ccc(O[C@H](C(=O)Nc2ccc(C)cc2)c2ccccc2)c([N+](=O)[O-])c1. The average molecular weight is 392 g/mol. The fourth-order valence-corrected chi connectivity index (χ4v) is 2.74. The van der Waals surface area contributed by atoms with E-state index in [0.29, 0.717) is 17.0 Å². The van der Waals surface area contributed by atoms with E-state index in [1.165, 1.54) is 19.2 Å². The van der Waals surface area contributed by atoms with Crippen LogP contribution in [0.4, 0.5) is 11.4 Å². The van der Waals surface area contributed by atoms with E-state index in [1.807, 2.05) is 25.1 Å². The Morgan fingerprint density at radius 2 is 1.72 bits per heavy atom. The predicted molar refractivity (Wildman–Crippen MR) is 109 cm³/mol. The van der Waals surface area contributed by atoms with Gasteiger partial charge in [0.2, 0.25) is 6.10 Å². The lowest BCUT2D eigenvalue weighted by Crippen LogP contribution is -2.26. The van der Waals surface area contributed by atoms with E-state index in [4.69, 9.17) is 9.47 Å². The van der Waals surface area contributed by atoms with Crippen LogP contribution in [0.25, 0.3) is 0 Å². The van der Waals surface area contributed by atoms with Crippen molar-refractivity contribution in [2.24, 2.45) is 0 Å². The van der Waals surface area contributed by atoms with Crippen LogP contribution in [-0.2, 0) is 4.79 Å². The molecular weight excluding hydrogens is 372 g/mol. The van der Waals surface area contributed by atoms with Crippen LogP contribution >= 0.6 is 0 Å². The monoisotopic (exact) mass is 392 g/mol. The van der Waals surface area contributed by atoms with Gasteiger partial charge >= 0.3 is 5.69 Å². The molecule has 0 aliphatic rings. The smallest absolute Gasteiger partial charge is 0.314 e. The van der Waals surface area contributed by atoms with Crippen LogP contribution in [0.2, 0.25) is 0 Å². The lowest BCUT2D eigenvalue weighted by atomic mass is 10.1. The third kappa shape index (κ3) is 4.90. The van der Waals surface area contributed by atoms with Crippen molar-refractivity contribution >= 4 is 17.3 Å². The second-order valence-corrected chi connectivity index (χ2v) is 6.35. The Morgan fingerprint density at radius 3 is 2.34 bits per heavy atom. The molecule has 0 unspecified atom stereocenters. The molecule has 0 aromatic heterocycles. The van der Waals surface area contributed by atoms with Crippen LogP contribution in [0.3, 0.4) is 0 Å². The number of ether oxygens (including phenoxy) is 2. The molecule has 0 spiro atoms. The van der Waals surface area contributed by atoms with Gasteiger partial charge in [0, 0.05) is 11.3 Å². The summed E-state index contributed by atoms with van der Waals surface area (Å²) in [5, 5.41) is 14.3. The first-order chi connectivity index (χ1) is 14.0. The number of benzene rings is 3. The summed E-state index contributed by atoms with van der Waals surface area (Å²) in [6.45, 7) is 1.95. The number of methoxy groups -OCH3 is 1. The predicted octanol–water partition coefficient (Wildman–Crippen LogP) is 4.67. The average Bonchev–Trinajstić information content (AvgIpc) is 2.74. The molecule has 148 valence electrons. The zero-order chi connectivity index (χ0) is 20.8. The molecular formula is C22H20N2O5. The van der Waals surface area contributed by atoms with Gasteiger partial charge in [-0.05, 0) is 31.2 Å². The summed E-state index contributed by atoms with van der Waals surface area (Å²) in [5.74, 6) is -0.140. The highest BCUT2D eigenvalue weighted by Crippen LogP contribution is 2.34. The van der Waals surface area contributed by atoms with E-state index in [1.54, 1.807) is 42.5 Å². The Balaban J connectivity index is 1.93. The number of hydrogen-bond donors (Lipinski definition) is 1. The van der Waals surface area contributed by atoms with Gasteiger partial charge in [0.25, 0.3) is 5.91 Å². The molecule has 3 aromatic rings. The molecule has 0 heterocycles. The maximum absolute atomic E-state index is 13.0. The Morgan fingerprint density at radius 1 is 1.03 bits per heavy atom. The zero-order valence-electron chi connectivity index (χ0n) is 16.0. The molecule has 0 saturated heterocycles. The second kappa shape index (κ2) is 8.88. The van der Waals surface area contributed by atoms with Crippen molar-refractivity contribution in [1.82, 2.24) is 0 Å². The molecule has 3 rings (SSSR count). The van der Waals surface area contributed by atoms with Gasteiger partial charge in [-0.25, -0.2) is 0 Å². The molecule has 0 fully saturated rings. The first kappa shape index (κ1) is 19.9. The Bertz CT molecular complexity index is 1000. The summed E-state index contributed by atoms with van der Waals surface area (Å²) in [6.07, 6.45) is -1.08. The van der Waals surface area contributed by atoms with Crippen molar-refractivity contribution in [3.8, 4) is 11.5 Å². The van der Waals surface area contributed by atoms with Gasteiger partial charge in [0.1, 0.15) is 5.75 Å². The number of carbonyl (C=O) groups excluding carboxylic acids is 1. The minimum atomic E-state index is -1.08. The lowest BCUT2D eigenvalue weighted by Gasteiger charge is -2.19. The Kier molecular flexibility index (Phi) is 6.09. The Labute approximate surface area is 168 Å². The highest BCUT2D eigenvalue weighted by Gasteiger charge is 2.27. The van der Waals surface area contributed by atoms with Gasteiger partial charge in [0.05, 0.1) is 18.1 Å². The van der Waals surface area contributed by atoms with Crippen LogP contribution in [0.15, 0.2) is 72.8 Å². The number of nitro benzene ring substituents is 1. The van der Waals surface area contributed by atoms with Crippen LogP contribution in [-0.4, -0.2) is 17.9 Å². The van der Waals surface area contributed by atoms with Gasteiger partial charge in [0.15, 0.2) is 5.75 Å². The number of hydrogen-bond acceptors (Lipinski definition) is 5. The molecule has 29 heavy (non-hydrogen) atoms. The van der Waals surface area contributed by atoms with Crippen molar-refractivity contribution < 1.29 is 19.2 Å². The first-order valence-corrected chi connectivity index (χ1v) is 8.89. The summed E-state index contributed by atoms with van der Waals surface area (Å²) in [5.41, 5.74) is 1.96.